The van der Waals surface area contributed by atoms with Crippen molar-refractivity contribution >= 4 is 6.21 Å². The predicted molar refractivity (Wildman–Crippen MR) is 95.8 cm³/mol. The molecule has 0 amide bonds. The number of hydrogen-bond donors (Lipinski definition) is 2. The third-order valence-corrected chi connectivity index (χ3v) is 3.86. The van der Waals surface area contributed by atoms with Crippen molar-refractivity contribution in [2.75, 3.05) is 28.4 Å². The normalized spacial score (nSPS) is 11.9. The standard InChI is InChI=1S/C18H21N3O5/c1-10(22)15-12(8-19)21-13(9-20-26-5)16(15)11-6-7-14(23-2)18(25-4)17(11)24-3/h6-7,9-10,21-22H,1-5H3. The summed E-state index contributed by atoms with van der Waals surface area (Å²) in [6.07, 6.45) is 0.525. The van der Waals surface area contributed by atoms with Gasteiger partial charge >= 0.3 is 0 Å². The van der Waals surface area contributed by atoms with Crippen LogP contribution in [-0.4, -0.2) is 44.7 Å². The minimum absolute atomic E-state index is 0.226. The van der Waals surface area contributed by atoms with Crippen molar-refractivity contribution in [3.8, 4) is 34.4 Å². The summed E-state index contributed by atoms with van der Waals surface area (Å²) in [4.78, 5) is 7.70. The molecular formula is C18H21N3O5. The fourth-order valence-corrected chi connectivity index (χ4v) is 2.83. The number of ether oxygens (including phenoxy) is 3. The minimum atomic E-state index is -0.904. The number of methoxy groups -OCH3 is 3. The van der Waals surface area contributed by atoms with Gasteiger partial charge in [-0.1, -0.05) is 5.16 Å². The molecule has 0 saturated carbocycles. The zero-order chi connectivity index (χ0) is 19.3. The molecule has 0 aliphatic carbocycles. The van der Waals surface area contributed by atoms with Crippen LogP contribution < -0.4 is 14.2 Å². The van der Waals surface area contributed by atoms with E-state index in [0.717, 1.165) is 0 Å². The Labute approximate surface area is 151 Å². The summed E-state index contributed by atoms with van der Waals surface area (Å²) >= 11 is 0. The summed E-state index contributed by atoms with van der Waals surface area (Å²) in [5.41, 5.74) is 2.32. The van der Waals surface area contributed by atoms with Gasteiger partial charge in [0, 0.05) is 16.7 Å². The monoisotopic (exact) mass is 359 g/mol. The topological polar surface area (TPSA) is 109 Å². The molecule has 0 fully saturated rings. The Hall–Kier alpha value is -3.18. The van der Waals surface area contributed by atoms with Crippen LogP contribution in [-0.2, 0) is 4.84 Å². The van der Waals surface area contributed by atoms with Gasteiger partial charge in [-0.05, 0) is 19.1 Å². The highest BCUT2D eigenvalue weighted by atomic mass is 16.6. The number of aliphatic hydroxyl groups excluding tert-OH is 1. The van der Waals surface area contributed by atoms with Gasteiger partial charge in [0.15, 0.2) is 11.5 Å². The number of aromatic amines is 1. The van der Waals surface area contributed by atoms with Crippen molar-refractivity contribution < 1.29 is 24.2 Å². The average Bonchev–Trinajstić information content (AvgIpc) is 3.03. The molecule has 1 atom stereocenters. The van der Waals surface area contributed by atoms with E-state index in [2.05, 4.69) is 16.2 Å². The van der Waals surface area contributed by atoms with Crippen LogP contribution in [0.4, 0.5) is 0 Å². The van der Waals surface area contributed by atoms with Crippen LogP contribution >= 0.6 is 0 Å². The van der Waals surface area contributed by atoms with Crippen LogP contribution in [0.1, 0.15) is 30.0 Å². The van der Waals surface area contributed by atoms with Gasteiger partial charge in [-0.25, -0.2) is 0 Å². The van der Waals surface area contributed by atoms with Gasteiger partial charge in [0.2, 0.25) is 5.75 Å². The number of H-pyrrole nitrogens is 1. The number of oxime groups is 1. The number of rotatable bonds is 7. The van der Waals surface area contributed by atoms with Crippen LogP contribution in [0.3, 0.4) is 0 Å². The summed E-state index contributed by atoms with van der Waals surface area (Å²) in [6, 6.07) is 5.54. The maximum atomic E-state index is 10.3. The van der Waals surface area contributed by atoms with E-state index >= 15 is 0 Å². The molecule has 0 aliphatic heterocycles. The van der Waals surface area contributed by atoms with Gasteiger partial charge < -0.3 is 29.1 Å². The van der Waals surface area contributed by atoms with Gasteiger partial charge in [-0.15, -0.1) is 0 Å². The van der Waals surface area contributed by atoms with Crippen molar-refractivity contribution in [2.45, 2.75) is 13.0 Å². The molecule has 26 heavy (non-hydrogen) atoms. The van der Waals surface area contributed by atoms with E-state index in [1.54, 1.807) is 19.1 Å². The second kappa shape index (κ2) is 8.27. The van der Waals surface area contributed by atoms with E-state index in [9.17, 15) is 10.4 Å². The number of benzene rings is 1. The number of nitrogens with zero attached hydrogens (tertiary/aromatic N) is 2. The summed E-state index contributed by atoms with van der Waals surface area (Å²) in [7, 11) is 5.95. The lowest BCUT2D eigenvalue weighted by Gasteiger charge is -2.17. The van der Waals surface area contributed by atoms with Crippen LogP contribution in [0, 0.1) is 11.3 Å². The summed E-state index contributed by atoms with van der Waals surface area (Å²) < 4.78 is 16.3. The van der Waals surface area contributed by atoms with Crippen molar-refractivity contribution in [3.63, 3.8) is 0 Å². The molecule has 8 heteroatoms. The molecule has 8 nitrogen and oxygen atoms in total. The minimum Gasteiger partial charge on any atom is -0.493 e. The van der Waals surface area contributed by atoms with Crippen LogP contribution in [0.5, 0.6) is 17.2 Å². The highest BCUT2D eigenvalue weighted by Gasteiger charge is 2.26. The Bertz CT molecular complexity index is 849. The second-order valence-electron chi connectivity index (χ2n) is 5.29. The maximum Gasteiger partial charge on any atom is 0.203 e. The molecule has 0 saturated heterocycles. The molecule has 2 N–H and O–H groups in total. The average molecular weight is 359 g/mol. The molecule has 1 unspecified atom stereocenters. The van der Waals surface area contributed by atoms with Crippen LogP contribution in [0.15, 0.2) is 17.3 Å². The van der Waals surface area contributed by atoms with Crippen molar-refractivity contribution in [1.29, 1.82) is 5.26 Å². The molecule has 0 radical (unpaired) electrons. The van der Waals surface area contributed by atoms with Gasteiger partial charge in [0.25, 0.3) is 0 Å². The predicted octanol–water partition coefficient (Wildman–Crippen LogP) is 2.61. The number of nitrogens with one attached hydrogen (secondary N) is 1. The number of aliphatic hydroxyl groups is 1. The zero-order valence-electron chi connectivity index (χ0n) is 15.3. The summed E-state index contributed by atoms with van der Waals surface area (Å²) in [6.45, 7) is 1.58. The number of nitriles is 1. The maximum absolute atomic E-state index is 10.3. The van der Waals surface area contributed by atoms with Gasteiger partial charge in [0.05, 0.1) is 39.3 Å². The first kappa shape index (κ1) is 19.1. The Balaban J connectivity index is 2.89. The van der Waals surface area contributed by atoms with E-state index in [1.165, 1.54) is 34.7 Å². The Kier molecular flexibility index (Phi) is 6.09. The third kappa shape index (κ3) is 3.30. The SMILES string of the molecule is CON=Cc1[nH]c(C#N)c(C(C)O)c1-c1ccc(OC)c(OC)c1OC. The lowest BCUT2D eigenvalue weighted by molar-refractivity contribution is 0.199. The highest BCUT2D eigenvalue weighted by Crippen LogP contribution is 2.47. The molecule has 0 bridgehead atoms. The first-order valence-corrected chi connectivity index (χ1v) is 7.73. The molecule has 1 heterocycles. The molecular weight excluding hydrogens is 338 g/mol. The van der Waals surface area contributed by atoms with E-state index < -0.39 is 6.10 Å². The quantitative estimate of drug-likeness (QED) is 0.581. The molecule has 0 aliphatic rings. The van der Waals surface area contributed by atoms with E-state index in [-0.39, 0.29) is 5.69 Å². The summed E-state index contributed by atoms with van der Waals surface area (Å²) in [5, 5.41) is 23.5. The smallest absolute Gasteiger partial charge is 0.203 e. The number of aromatic nitrogens is 1. The fourth-order valence-electron chi connectivity index (χ4n) is 2.83. The lowest BCUT2D eigenvalue weighted by atomic mass is 9.96. The Morgan fingerprint density at radius 2 is 1.85 bits per heavy atom. The molecule has 1 aromatic carbocycles. The molecule has 2 rings (SSSR count). The van der Waals surface area contributed by atoms with Crippen LogP contribution in [0.2, 0.25) is 0 Å². The Morgan fingerprint density at radius 3 is 2.35 bits per heavy atom. The van der Waals surface area contributed by atoms with Crippen molar-refractivity contribution in [2.24, 2.45) is 5.16 Å². The fraction of sp³-hybridized carbons (Fsp3) is 0.333. The highest BCUT2D eigenvalue weighted by molar-refractivity contribution is 5.94. The molecule has 2 aromatic rings. The molecule has 0 spiro atoms. The number of hydrogen-bond acceptors (Lipinski definition) is 7. The van der Waals surface area contributed by atoms with E-state index in [1.807, 2.05) is 0 Å². The van der Waals surface area contributed by atoms with Gasteiger partial charge in [-0.3, -0.25) is 0 Å². The van der Waals surface area contributed by atoms with E-state index in [4.69, 9.17) is 19.0 Å². The van der Waals surface area contributed by atoms with Crippen molar-refractivity contribution in [1.82, 2.24) is 4.98 Å². The first-order chi connectivity index (χ1) is 12.5. The third-order valence-electron chi connectivity index (χ3n) is 3.86. The molecule has 138 valence electrons. The summed E-state index contributed by atoms with van der Waals surface area (Å²) in [5.74, 6) is 1.30. The lowest BCUT2D eigenvalue weighted by Crippen LogP contribution is -2.00. The van der Waals surface area contributed by atoms with Gasteiger partial charge in [0.1, 0.15) is 18.9 Å². The second-order valence-corrected chi connectivity index (χ2v) is 5.29. The van der Waals surface area contributed by atoms with Crippen molar-refractivity contribution in [3.05, 3.63) is 29.1 Å². The van der Waals surface area contributed by atoms with E-state index in [0.29, 0.717) is 39.6 Å². The molecule has 1 aromatic heterocycles. The van der Waals surface area contributed by atoms with Crippen LogP contribution in [0.25, 0.3) is 11.1 Å². The Morgan fingerprint density at radius 1 is 1.15 bits per heavy atom. The van der Waals surface area contributed by atoms with Gasteiger partial charge in [-0.2, -0.15) is 5.26 Å². The zero-order valence-corrected chi connectivity index (χ0v) is 15.3. The largest absolute Gasteiger partial charge is 0.493 e. The first-order valence-electron chi connectivity index (χ1n) is 7.73.